The fraction of sp³-hybridized carbons (Fsp3) is 0.704. The summed E-state index contributed by atoms with van der Waals surface area (Å²) in [6.07, 6.45) is 9.37. The number of hydrogen-bond acceptors (Lipinski definition) is 4. The standard InChI is InChI=1S/C27H40N2O3/c1-5-6-25(30)19-9-12-21-22(17-19)24-14-13-23(21)29(24)16-15-18-7-10-20(11-8-18)28-26(31)32-27(2,3)4/h9,12,17-18,20,23-24H,5-8,10-11,13-16H2,1-4H3,(H,28,31). The summed E-state index contributed by atoms with van der Waals surface area (Å²) in [5, 5.41) is 3.05. The van der Waals surface area contributed by atoms with Crippen LogP contribution in [-0.2, 0) is 4.74 Å². The number of Topliss-reactive ketones (excluding diaryl/α,β-unsaturated/α-hetero) is 1. The number of nitrogens with one attached hydrogen (secondary N) is 1. The molecule has 5 heteroatoms. The Kier molecular flexibility index (Phi) is 6.94. The van der Waals surface area contributed by atoms with E-state index in [1.165, 1.54) is 43.2 Å². The molecule has 1 aromatic rings. The number of benzene rings is 1. The van der Waals surface area contributed by atoms with Crippen molar-refractivity contribution in [1.29, 1.82) is 0 Å². The maximum Gasteiger partial charge on any atom is 0.407 e. The lowest BCUT2D eigenvalue weighted by Gasteiger charge is -2.31. The molecule has 1 saturated heterocycles. The third-order valence-electron chi connectivity index (χ3n) is 7.48. The number of ketones is 1. The number of hydrogen-bond donors (Lipinski definition) is 1. The van der Waals surface area contributed by atoms with E-state index in [1.807, 2.05) is 20.8 Å². The van der Waals surface area contributed by atoms with Crippen LogP contribution in [0.1, 0.15) is 119 Å². The second-order valence-corrected chi connectivity index (χ2v) is 11.0. The van der Waals surface area contributed by atoms with Gasteiger partial charge in [0.05, 0.1) is 0 Å². The molecular weight excluding hydrogens is 400 g/mol. The number of amides is 1. The average molecular weight is 441 g/mol. The van der Waals surface area contributed by atoms with Gasteiger partial charge in [0.15, 0.2) is 5.78 Å². The van der Waals surface area contributed by atoms with E-state index in [4.69, 9.17) is 4.74 Å². The molecular formula is C27H40N2O3. The van der Waals surface area contributed by atoms with Gasteiger partial charge in [-0.3, -0.25) is 9.69 Å². The molecule has 176 valence electrons. The van der Waals surface area contributed by atoms with Gasteiger partial charge in [-0.1, -0.05) is 19.1 Å². The Bertz CT molecular complexity index is 836. The number of rotatable bonds is 7. The number of ether oxygens (including phenoxy) is 1. The molecule has 5 nitrogen and oxygen atoms in total. The molecule has 0 spiro atoms. The zero-order valence-corrected chi connectivity index (χ0v) is 20.3. The first-order valence-electron chi connectivity index (χ1n) is 12.7. The fourth-order valence-electron chi connectivity index (χ4n) is 5.96. The number of carbonyl (C=O) groups excluding carboxylic acids is 2. The van der Waals surface area contributed by atoms with Crippen molar-refractivity contribution in [3.05, 3.63) is 34.9 Å². The molecule has 1 aliphatic carbocycles. The first-order chi connectivity index (χ1) is 15.2. The molecule has 1 N–H and O–H groups in total. The summed E-state index contributed by atoms with van der Waals surface area (Å²) in [6, 6.07) is 7.74. The van der Waals surface area contributed by atoms with Crippen molar-refractivity contribution in [3.63, 3.8) is 0 Å². The van der Waals surface area contributed by atoms with Gasteiger partial charge in [0.25, 0.3) is 0 Å². The topological polar surface area (TPSA) is 58.6 Å². The van der Waals surface area contributed by atoms with Gasteiger partial charge >= 0.3 is 6.09 Å². The Morgan fingerprint density at radius 1 is 1.03 bits per heavy atom. The monoisotopic (exact) mass is 440 g/mol. The Hall–Kier alpha value is -1.88. The number of fused-ring (bicyclic) bond motifs is 5. The van der Waals surface area contributed by atoms with Crippen LogP contribution in [0, 0.1) is 5.92 Å². The van der Waals surface area contributed by atoms with E-state index in [0.29, 0.717) is 18.5 Å². The van der Waals surface area contributed by atoms with Gasteiger partial charge in [0, 0.05) is 30.1 Å². The lowest BCUT2D eigenvalue weighted by Crippen LogP contribution is -2.41. The molecule has 0 radical (unpaired) electrons. The summed E-state index contributed by atoms with van der Waals surface area (Å²) in [7, 11) is 0. The quantitative estimate of drug-likeness (QED) is 0.503. The number of nitrogens with zero attached hydrogens (tertiary/aromatic N) is 1. The van der Waals surface area contributed by atoms with Crippen LogP contribution in [-0.4, -0.2) is 35.0 Å². The smallest absolute Gasteiger partial charge is 0.407 e. The second-order valence-electron chi connectivity index (χ2n) is 11.0. The normalized spacial score (nSPS) is 27.2. The van der Waals surface area contributed by atoms with Crippen molar-refractivity contribution in [2.75, 3.05) is 6.54 Å². The third-order valence-corrected chi connectivity index (χ3v) is 7.48. The third kappa shape index (κ3) is 5.19. The Balaban J connectivity index is 1.26. The van der Waals surface area contributed by atoms with Crippen molar-refractivity contribution >= 4 is 11.9 Å². The van der Waals surface area contributed by atoms with Crippen LogP contribution in [0.3, 0.4) is 0 Å². The minimum Gasteiger partial charge on any atom is -0.444 e. The van der Waals surface area contributed by atoms with Gasteiger partial charge < -0.3 is 10.1 Å². The van der Waals surface area contributed by atoms with Gasteiger partial charge in [0.2, 0.25) is 0 Å². The summed E-state index contributed by atoms with van der Waals surface area (Å²) in [6.45, 7) is 8.90. The molecule has 2 unspecified atom stereocenters. The maximum absolute atomic E-state index is 12.4. The molecule has 2 fully saturated rings. The summed E-state index contributed by atoms with van der Waals surface area (Å²) in [5.41, 5.74) is 3.32. The molecule has 0 aromatic heterocycles. The molecule has 1 amide bonds. The fourth-order valence-corrected chi connectivity index (χ4v) is 5.96. The van der Waals surface area contributed by atoms with E-state index in [1.54, 1.807) is 0 Å². The van der Waals surface area contributed by atoms with E-state index >= 15 is 0 Å². The summed E-state index contributed by atoms with van der Waals surface area (Å²) in [4.78, 5) is 27.1. The molecule has 1 aromatic carbocycles. The summed E-state index contributed by atoms with van der Waals surface area (Å²) in [5.74, 6) is 1.01. The zero-order chi connectivity index (χ0) is 22.9. The second kappa shape index (κ2) is 9.54. The van der Waals surface area contributed by atoms with Crippen molar-refractivity contribution in [3.8, 4) is 0 Å². The van der Waals surface area contributed by atoms with Crippen LogP contribution in [0.15, 0.2) is 18.2 Å². The maximum atomic E-state index is 12.4. The molecule has 4 rings (SSSR count). The van der Waals surface area contributed by atoms with E-state index in [9.17, 15) is 9.59 Å². The predicted molar refractivity (Wildman–Crippen MR) is 127 cm³/mol. The lowest BCUT2D eigenvalue weighted by molar-refractivity contribution is 0.0485. The Morgan fingerprint density at radius 2 is 1.72 bits per heavy atom. The predicted octanol–water partition coefficient (Wildman–Crippen LogP) is 6.33. The molecule has 3 aliphatic rings. The average Bonchev–Trinajstić information content (AvgIpc) is 3.27. The molecule has 1 saturated carbocycles. The largest absolute Gasteiger partial charge is 0.444 e. The van der Waals surface area contributed by atoms with E-state index in [2.05, 4.69) is 35.3 Å². The van der Waals surface area contributed by atoms with Crippen molar-refractivity contribution in [2.24, 2.45) is 5.92 Å². The minimum absolute atomic E-state index is 0.243. The van der Waals surface area contributed by atoms with E-state index in [-0.39, 0.29) is 17.9 Å². The Labute approximate surface area is 193 Å². The molecule has 2 aliphatic heterocycles. The van der Waals surface area contributed by atoms with Crippen molar-refractivity contribution in [2.45, 2.75) is 109 Å². The van der Waals surface area contributed by atoms with Crippen molar-refractivity contribution in [1.82, 2.24) is 10.2 Å². The highest BCUT2D eigenvalue weighted by atomic mass is 16.6. The highest BCUT2D eigenvalue weighted by Crippen LogP contribution is 2.53. The van der Waals surface area contributed by atoms with Crippen LogP contribution in [0.4, 0.5) is 4.79 Å². The van der Waals surface area contributed by atoms with Crippen molar-refractivity contribution < 1.29 is 14.3 Å². The summed E-state index contributed by atoms with van der Waals surface area (Å²) < 4.78 is 5.40. The SMILES string of the molecule is CCCC(=O)c1ccc2c(c1)C1CCC2N1CCC1CCC(NC(=O)OC(C)(C)C)CC1. The Morgan fingerprint density at radius 3 is 2.38 bits per heavy atom. The molecule has 32 heavy (non-hydrogen) atoms. The molecule has 2 bridgehead atoms. The highest BCUT2D eigenvalue weighted by molar-refractivity contribution is 5.96. The van der Waals surface area contributed by atoms with Crippen LogP contribution < -0.4 is 5.32 Å². The van der Waals surface area contributed by atoms with Gasteiger partial charge in [-0.15, -0.1) is 0 Å². The molecule has 2 atom stereocenters. The zero-order valence-electron chi connectivity index (χ0n) is 20.3. The van der Waals surface area contributed by atoms with Crippen LogP contribution >= 0.6 is 0 Å². The van der Waals surface area contributed by atoms with Crippen LogP contribution in [0.5, 0.6) is 0 Å². The van der Waals surface area contributed by atoms with E-state index in [0.717, 1.165) is 37.3 Å². The minimum atomic E-state index is -0.446. The van der Waals surface area contributed by atoms with Crippen LogP contribution in [0.25, 0.3) is 0 Å². The van der Waals surface area contributed by atoms with Gasteiger partial charge in [0.1, 0.15) is 5.60 Å². The first kappa shape index (κ1) is 23.3. The van der Waals surface area contributed by atoms with Gasteiger partial charge in [-0.05, 0) is 102 Å². The van der Waals surface area contributed by atoms with E-state index < -0.39 is 5.60 Å². The number of carbonyl (C=O) groups is 2. The lowest BCUT2D eigenvalue weighted by atomic mass is 9.84. The van der Waals surface area contributed by atoms with Gasteiger partial charge in [-0.25, -0.2) is 4.79 Å². The first-order valence-corrected chi connectivity index (χ1v) is 12.7. The highest BCUT2D eigenvalue weighted by Gasteiger charge is 2.43. The number of alkyl carbamates (subject to hydrolysis) is 1. The summed E-state index contributed by atoms with van der Waals surface area (Å²) >= 11 is 0. The van der Waals surface area contributed by atoms with Crippen LogP contribution in [0.2, 0.25) is 0 Å². The van der Waals surface area contributed by atoms with Gasteiger partial charge in [-0.2, -0.15) is 0 Å². The molecule has 2 heterocycles.